The minimum Gasteiger partial charge on any atom is -0.349 e. The van der Waals surface area contributed by atoms with Gasteiger partial charge >= 0.3 is 0 Å². The second-order valence-electron chi connectivity index (χ2n) is 3.90. The van der Waals surface area contributed by atoms with Gasteiger partial charge in [-0.3, -0.25) is 9.59 Å². The van der Waals surface area contributed by atoms with E-state index >= 15 is 0 Å². The summed E-state index contributed by atoms with van der Waals surface area (Å²) in [5, 5.41) is 8.35. The van der Waals surface area contributed by atoms with Crippen LogP contribution in [0.1, 0.15) is 17.3 Å². The van der Waals surface area contributed by atoms with Crippen LogP contribution in [0.4, 0.5) is 5.69 Å². The van der Waals surface area contributed by atoms with Crippen molar-refractivity contribution < 1.29 is 9.59 Å². The molecule has 0 saturated carbocycles. The number of hydrogen-bond donors (Lipinski definition) is 3. The molecular weight excluding hydrogens is 242 g/mol. The Morgan fingerprint density at radius 3 is 2.53 bits per heavy atom. The number of rotatable bonds is 7. The molecule has 0 aliphatic heterocycles. The maximum Gasteiger partial charge on any atom is 0.251 e. The summed E-state index contributed by atoms with van der Waals surface area (Å²) >= 11 is 0. The van der Waals surface area contributed by atoms with Crippen molar-refractivity contribution >= 4 is 17.5 Å². The van der Waals surface area contributed by atoms with Gasteiger partial charge in [0.25, 0.3) is 5.91 Å². The van der Waals surface area contributed by atoms with E-state index in [2.05, 4.69) is 22.5 Å². The van der Waals surface area contributed by atoms with Crippen molar-refractivity contribution in [1.29, 1.82) is 0 Å². The maximum absolute atomic E-state index is 11.6. The molecular formula is C14H19N3O2. The summed E-state index contributed by atoms with van der Waals surface area (Å²) in [7, 11) is 0. The van der Waals surface area contributed by atoms with Crippen molar-refractivity contribution in [3.05, 3.63) is 42.5 Å². The van der Waals surface area contributed by atoms with Gasteiger partial charge < -0.3 is 16.0 Å². The van der Waals surface area contributed by atoms with E-state index in [9.17, 15) is 9.59 Å². The standard InChI is InChI=1S/C14H19N3O2/c1-3-9-16-14(19)11-5-7-12(8-6-11)17-13(18)10-15-4-2/h3,5-8,15H,1,4,9-10H2,2H3,(H,16,19)(H,17,18). The van der Waals surface area contributed by atoms with E-state index in [0.29, 0.717) is 17.8 Å². The first-order valence-corrected chi connectivity index (χ1v) is 6.17. The molecule has 5 nitrogen and oxygen atoms in total. The molecule has 0 aliphatic rings. The van der Waals surface area contributed by atoms with E-state index in [-0.39, 0.29) is 18.4 Å². The Hall–Kier alpha value is -2.14. The Morgan fingerprint density at radius 1 is 1.26 bits per heavy atom. The number of hydrogen-bond acceptors (Lipinski definition) is 3. The highest BCUT2D eigenvalue weighted by atomic mass is 16.2. The summed E-state index contributed by atoms with van der Waals surface area (Å²) in [4.78, 5) is 23.1. The molecule has 1 rings (SSSR count). The van der Waals surface area contributed by atoms with Crippen LogP contribution in [0.15, 0.2) is 36.9 Å². The Morgan fingerprint density at radius 2 is 1.95 bits per heavy atom. The SMILES string of the molecule is C=CCNC(=O)c1ccc(NC(=O)CNCC)cc1. The van der Waals surface area contributed by atoms with Gasteiger partial charge in [-0.05, 0) is 30.8 Å². The molecule has 2 amide bonds. The number of carbonyl (C=O) groups is 2. The van der Waals surface area contributed by atoms with Crippen LogP contribution in [0.25, 0.3) is 0 Å². The lowest BCUT2D eigenvalue weighted by atomic mass is 10.2. The molecule has 0 heterocycles. The van der Waals surface area contributed by atoms with E-state index in [1.807, 2.05) is 6.92 Å². The molecule has 5 heteroatoms. The molecule has 1 aromatic carbocycles. The predicted octanol–water partition coefficient (Wildman–Crippen LogP) is 1.15. The molecule has 0 bridgehead atoms. The minimum absolute atomic E-state index is 0.106. The number of amides is 2. The summed E-state index contributed by atoms with van der Waals surface area (Å²) in [6.45, 7) is 6.92. The molecule has 0 spiro atoms. The smallest absolute Gasteiger partial charge is 0.251 e. The third kappa shape index (κ3) is 5.35. The topological polar surface area (TPSA) is 70.2 Å². The number of nitrogens with one attached hydrogen (secondary N) is 3. The lowest BCUT2D eigenvalue weighted by molar-refractivity contribution is -0.115. The van der Waals surface area contributed by atoms with Crippen molar-refractivity contribution in [3.8, 4) is 0 Å². The van der Waals surface area contributed by atoms with Crippen LogP contribution < -0.4 is 16.0 Å². The number of likely N-dealkylation sites (N-methyl/N-ethyl adjacent to an activating group) is 1. The number of anilines is 1. The minimum atomic E-state index is -0.162. The van der Waals surface area contributed by atoms with Gasteiger partial charge in [0.15, 0.2) is 0 Å². The van der Waals surface area contributed by atoms with E-state index in [0.717, 1.165) is 6.54 Å². The average Bonchev–Trinajstić information content (AvgIpc) is 2.43. The van der Waals surface area contributed by atoms with Gasteiger partial charge in [0.2, 0.25) is 5.91 Å². The Balaban J connectivity index is 2.53. The average molecular weight is 261 g/mol. The third-order valence-electron chi connectivity index (χ3n) is 2.37. The second-order valence-corrected chi connectivity index (χ2v) is 3.90. The second kappa shape index (κ2) is 8.05. The largest absolute Gasteiger partial charge is 0.349 e. The Kier molecular flexibility index (Phi) is 6.32. The van der Waals surface area contributed by atoms with Crippen LogP contribution in [0.3, 0.4) is 0 Å². The summed E-state index contributed by atoms with van der Waals surface area (Å²) in [6, 6.07) is 6.74. The lowest BCUT2D eigenvalue weighted by Crippen LogP contribution is -2.27. The van der Waals surface area contributed by atoms with Crippen LogP contribution in [-0.4, -0.2) is 31.4 Å². The van der Waals surface area contributed by atoms with E-state index < -0.39 is 0 Å². The quantitative estimate of drug-likeness (QED) is 0.645. The molecule has 0 saturated heterocycles. The predicted molar refractivity (Wildman–Crippen MR) is 76.1 cm³/mol. The first-order valence-electron chi connectivity index (χ1n) is 6.17. The van der Waals surface area contributed by atoms with Crippen LogP contribution in [0.2, 0.25) is 0 Å². The fraction of sp³-hybridized carbons (Fsp3) is 0.286. The van der Waals surface area contributed by atoms with Gasteiger partial charge in [-0.15, -0.1) is 6.58 Å². The van der Waals surface area contributed by atoms with Crippen LogP contribution in [-0.2, 0) is 4.79 Å². The molecule has 0 unspecified atom stereocenters. The lowest BCUT2D eigenvalue weighted by Gasteiger charge is -2.07. The summed E-state index contributed by atoms with van der Waals surface area (Å²) < 4.78 is 0. The highest BCUT2D eigenvalue weighted by Gasteiger charge is 2.05. The van der Waals surface area contributed by atoms with Crippen molar-refractivity contribution in [3.63, 3.8) is 0 Å². The zero-order valence-corrected chi connectivity index (χ0v) is 11.0. The summed E-state index contributed by atoms with van der Waals surface area (Å²) in [5.74, 6) is -0.267. The van der Waals surface area contributed by atoms with E-state index in [1.165, 1.54) is 0 Å². The maximum atomic E-state index is 11.6. The zero-order valence-electron chi connectivity index (χ0n) is 11.0. The fourth-order valence-corrected chi connectivity index (χ4v) is 1.42. The zero-order chi connectivity index (χ0) is 14.1. The Labute approximate surface area is 113 Å². The van der Waals surface area contributed by atoms with Gasteiger partial charge in [0, 0.05) is 17.8 Å². The van der Waals surface area contributed by atoms with Gasteiger partial charge in [-0.1, -0.05) is 13.0 Å². The molecule has 3 N–H and O–H groups in total. The van der Waals surface area contributed by atoms with Crippen LogP contribution in [0.5, 0.6) is 0 Å². The van der Waals surface area contributed by atoms with E-state index in [4.69, 9.17) is 0 Å². The normalized spacial score (nSPS) is 9.74. The van der Waals surface area contributed by atoms with Crippen molar-refractivity contribution in [2.75, 3.05) is 25.0 Å². The molecule has 0 aromatic heterocycles. The first kappa shape index (κ1) is 14.9. The van der Waals surface area contributed by atoms with Crippen molar-refractivity contribution in [1.82, 2.24) is 10.6 Å². The number of benzene rings is 1. The molecule has 0 aliphatic carbocycles. The molecule has 0 fully saturated rings. The van der Waals surface area contributed by atoms with Gasteiger partial charge in [-0.25, -0.2) is 0 Å². The Bertz CT molecular complexity index is 441. The monoisotopic (exact) mass is 261 g/mol. The summed E-state index contributed by atoms with van der Waals surface area (Å²) in [6.07, 6.45) is 1.62. The molecule has 1 aromatic rings. The van der Waals surface area contributed by atoms with E-state index in [1.54, 1.807) is 30.3 Å². The fourth-order valence-electron chi connectivity index (χ4n) is 1.42. The first-order chi connectivity index (χ1) is 9.17. The van der Waals surface area contributed by atoms with Crippen molar-refractivity contribution in [2.45, 2.75) is 6.92 Å². The summed E-state index contributed by atoms with van der Waals surface area (Å²) in [5.41, 5.74) is 1.22. The van der Waals surface area contributed by atoms with Crippen molar-refractivity contribution in [2.24, 2.45) is 0 Å². The van der Waals surface area contributed by atoms with Crippen LogP contribution >= 0.6 is 0 Å². The van der Waals surface area contributed by atoms with Gasteiger partial charge in [0.1, 0.15) is 0 Å². The molecule has 0 atom stereocenters. The molecule has 0 radical (unpaired) electrons. The number of carbonyl (C=O) groups excluding carboxylic acids is 2. The molecule has 19 heavy (non-hydrogen) atoms. The van der Waals surface area contributed by atoms with Gasteiger partial charge in [-0.2, -0.15) is 0 Å². The highest BCUT2D eigenvalue weighted by molar-refractivity contribution is 5.96. The highest BCUT2D eigenvalue weighted by Crippen LogP contribution is 2.09. The van der Waals surface area contributed by atoms with Gasteiger partial charge in [0.05, 0.1) is 6.54 Å². The molecule has 102 valence electrons. The van der Waals surface area contributed by atoms with Crippen LogP contribution in [0, 0.1) is 0 Å². The third-order valence-corrected chi connectivity index (χ3v) is 2.37.